The van der Waals surface area contributed by atoms with Crippen molar-refractivity contribution in [3.63, 3.8) is 0 Å². The van der Waals surface area contributed by atoms with Crippen molar-refractivity contribution in [1.82, 2.24) is 24.6 Å². The molecule has 1 aliphatic rings. The predicted octanol–water partition coefficient (Wildman–Crippen LogP) is 3.74. The van der Waals surface area contributed by atoms with E-state index in [1.165, 1.54) is 6.33 Å². The molecule has 0 spiro atoms. The fourth-order valence-electron chi connectivity index (χ4n) is 4.42. The summed E-state index contributed by atoms with van der Waals surface area (Å²) < 4.78 is 12.9. The van der Waals surface area contributed by atoms with E-state index in [2.05, 4.69) is 33.0 Å². The van der Waals surface area contributed by atoms with Gasteiger partial charge in [0.1, 0.15) is 35.3 Å². The highest BCUT2D eigenvalue weighted by atomic mass is 16.6. The van der Waals surface area contributed by atoms with Gasteiger partial charge in [0.15, 0.2) is 0 Å². The van der Waals surface area contributed by atoms with Gasteiger partial charge in [0.25, 0.3) is 0 Å². The monoisotopic (exact) mass is 477 g/mol. The van der Waals surface area contributed by atoms with Gasteiger partial charge in [-0.2, -0.15) is 10.4 Å². The first-order valence-electron chi connectivity index (χ1n) is 11.6. The molecule has 184 valence electrons. The summed E-state index contributed by atoms with van der Waals surface area (Å²) in [7, 11) is 3.35. The second kappa shape index (κ2) is 9.06. The van der Waals surface area contributed by atoms with E-state index in [1.54, 1.807) is 29.8 Å². The molecule has 10 nitrogen and oxygen atoms in total. The molecule has 35 heavy (non-hydrogen) atoms. The molecule has 0 N–H and O–H groups in total. The summed E-state index contributed by atoms with van der Waals surface area (Å²) in [5.41, 5.74) is 2.03. The summed E-state index contributed by atoms with van der Waals surface area (Å²) in [5.74, 6) is 1.37. The predicted molar refractivity (Wildman–Crippen MR) is 132 cm³/mol. The molecule has 1 aliphatic heterocycles. The van der Waals surface area contributed by atoms with Gasteiger partial charge in [-0.15, -0.1) is 0 Å². The fraction of sp³-hybridized carbons (Fsp3) is 0.480. The summed E-state index contributed by atoms with van der Waals surface area (Å²) in [6.07, 6.45) is 1.22. The largest absolute Gasteiger partial charge is 0.496 e. The molecule has 0 bridgehead atoms. The summed E-state index contributed by atoms with van der Waals surface area (Å²) in [4.78, 5) is 26.0. The number of benzene rings is 1. The Kier molecular flexibility index (Phi) is 6.28. The molecule has 1 saturated heterocycles. The second-order valence-electron chi connectivity index (χ2n) is 9.87. The molecule has 0 saturated carbocycles. The molecule has 3 aromatic rings. The molecule has 1 amide bonds. The molecule has 1 fully saturated rings. The maximum Gasteiger partial charge on any atom is 0.410 e. The molecule has 0 unspecified atom stereocenters. The number of methoxy groups -OCH3 is 1. The number of carbonyl (C=O) groups is 1. The number of aryl methyl sites for hydroxylation is 1. The lowest BCUT2D eigenvalue weighted by Gasteiger charge is -2.45. The number of carbonyl (C=O) groups excluding carboxylic acids is 1. The van der Waals surface area contributed by atoms with Crippen LogP contribution < -0.4 is 9.64 Å². The lowest BCUT2D eigenvalue weighted by molar-refractivity contribution is 0.0130. The van der Waals surface area contributed by atoms with Crippen LogP contribution in [0.3, 0.4) is 0 Å². The van der Waals surface area contributed by atoms with Crippen molar-refractivity contribution in [2.75, 3.05) is 25.1 Å². The van der Waals surface area contributed by atoms with Gasteiger partial charge in [-0.05, 0) is 46.8 Å². The topological polar surface area (TPSA) is 109 Å². The number of nitrogens with zero attached hydrogens (tertiary/aromatic N) is 7. The van der Waals surface area contributed by atoms with E-state index < -0.39 is 5.60 Å². The van der Waals surface area contributed by atoms with Crippen molar-refractivity contribution in [3.8, 4) is 23.1 Å². The Bertz CT molecular complexity index is 1300. The number of fused-ring (bicyclic) bond motifs is 1. The smallest absolute Gasteiger partial charge is 0.410 e. The molecule has 1 aromatic carbocycles. The summed E-state index contributed by atoms with van der Waals surface area (Å²) >= 11 is 0. The minimum absolute atomic E-state index is 0.0229. The van der Waals surface area contributed by atoms with Crippen LogP contribution in [0.1, 0.15) is 40.3 Å². The number of anilines is 1. The summed E-state index contributed by atoms with van der Waals surface area (Å²) in [5, 5.41) is 14.6. The van der Waals surface area contributed by atoms with Crippen LogP contribution in [-0.2, 0) is 11.8 Å². The number of aromatic nitrogens is 4. The van der Waals surface area contributed by atoms with Gasteiger partial charge in [0.2, 0.25) is 0 Å². The standard InChI is InChI=1S/C25H31N7O3/c1-15-13-32(24(33)35-25(3,4)5)16(2)12-31(15)23-21-20(34-7)9-8-18(22(21)27-14-28-23)19-10-17(11-26)30(6)29-19/h8-10,14-16H,12-13H2,1-7H3/t15-,16+/m0/s1. The van der Waals surface area contributed by atoms with Crippen LogP contribution >= 0.6 is 0 Å². The maximum atomic E-state index is 12.8. The highest BCUT2D eigenvalue weighted by Gasteiger charge is 2.36. The van der Waals surface area contributed by atoms with E-state index in [1.807, 2.05) is 39.8 Å². The van der Waals surface area contributed by atoms with Gasteiger partial charge in [-0.3, -0.25) is 4.68 Å². The third kappa shape index (κ3) is 4.58. The number of piperazine rings is 1. The number of ether oxygens (including phenoxy) is 2. The normalized spacial score (nSPS) is 18.5. The number of rotatable bonds is 3. The fourth-order valence-corrected chi connectivity index (χ4v) is 4.42. The lowest BCUT2D eigenvalue weighted by atomic mass is 10.0. The molecule has 10 heteroatoms. The molecule has 4 rings (SSSR count). The first kappa shape index (κ1) is 24.3. The molecule has 2 atom stereocenters. The SMILES string of the molecule is COc1ccc(-c2cc(C#N)n(C)n2)c2ncnc(N3C[C@@H](C)N(C(=O)OC(C)(C)C)C[C@@H]3C)c12. The van der Waals surface area contributed by atoms with Crippen LogP contribution in [0, 0.1) is 11.3 Å². The van der Waals surface area contributed by atoms with Crippen LogP contribution in [0.15, 0.2) is 24.5 Å². The minimum Gasteiger partial charge on any atom is -0.496 e. The van der Waals surface area contributed by atoms with Crippen LogP contribution in [0.25, 0.3) is 22.2 Å². The Morgan fingerprint density at radius 3 is 2.54 bits per heavy atom. The van der Waals surface area contributed by atoms with E-state index in [4.69, 9.17) is 9.47 Å². The third-order valence-electron chi connectivity index (χ3n) is 6.11. The van der Waals surface area contributed by atoms with E-state index in [-0.39, 0.29) is 18.2 Å². The Morgan fingerprint density at radius 1 is 1.17 bits per heavy atom. The van der Waals surface area contributed by atoms with Crippen molar-refractivity contribution in [2.45, 2.75) is 52.3 Å². The van der Waals surface area contributed by atoms with E-state index in [0.29, 0.717) is 35.7 Å². The molecule has 0 aliphatic carbocycles. The van der Waals surface area contributed by atoms with E-state index in [9.17, 15) is 10.1 Å². The highest BCUT2D eigenvalue weighted by Crippen LogP contribution is 2.39. The van der Waals surface area contributed by atoms with Crippen LogP contribution in [-0.4, -0.2) is 68.6 Å². The van der Waals surface area contributed by atoms with Gasteiger partial charge in [0, 0.05) is 43.9 Å². The first-order valence-corrected chi connectivity index (χ1v) is 11.6. The van der Waals surface area contributed by atoms with Crippen LogP contribution in [0.4, 0.5) is 10.6 Å². The number of nitriles is 1. The van der Waals surface area contributed by atoms with Gasteiger partial charge >= 0.3 is 6.09 Å². The Morgan fingerprint density at radius 2 is 1.91 bits per heavy atom. The number of amides is 1. The first-order chi connectivity index (χ1) is 16.5. The van der Waals surface area contributed by atoms with Crippen molar-refractivity contribution in [1.29, 1.82) is 5.26 Å². The molecule has 3 heterocycles. The van der Waals surface area contributed by atoms with E-state index >= 15 is 0 Å². The molecule has 2 aromatic heterocycles. The average Bonchev–Trinajstić information content (AvgIpc) is 3.18. The second-order valence-corrected chi connectivity index (χ2v) is 9.87. The summed E-state index contributed by atoms with van der Waals surface area (Å²) in [6, 6.07) is 7.55. The molecule has 0 radical (unpaired) electrons. The number of hydrogen-bond donors (Lipinski definition) is 0. The van der Waals surface area contributed by atoms with Crippen LogP contribution in [0.5, 0.6) is 5.75 Å². The minimum atomic E-state index is -0.555. The Hall–Kier alpha value is -3.87. The van der Waals surface area contributed by atoms with Gasteiger partial charge in [0.05, 0.1) is 23.7 Å². The zero-order chi connectivity index (χ0) is 25.5. The van der Waals surface area contributed by atoms with E-state index in [0.717, 1.165) is 16.8 Å². The van der Waals surface area contributed by atoms with Crippen molar-refractivity contribution < 1.29 is 14.3 Å². The maximum absolute atomic E-state index is 12.8. The van der Waals surface area contributed by atoms with Crippen molar-refractivity contribution >= 4 is 22.8 Å². The quantitative estimate of drug-likeness (QED) is 0.561. The van der Waals surface area contributed by atoms with Gasteiger partial charge in [-0.25, -0.2) is 14.8 Å². The Balaban J connectivity index is 1.76. The third-order valence-corrected chi connectivity index (χ3v) is 6.11. The molecular weight excluding hydrogens is 446 g/mol. The van der Waals surface area contributed by atoms with Gasteiger partial charge < -0.3 is 19.3 Å². The Labute approximate surface area is 205 Å². The van der Waals surface area contributed by atoms with Crippen LogP contribution in [0.2, 0.25) is 0 Å². The zero-order valence-corrected chi connectivity index (χ0v) is 21.2. The highest BCUT2D eigenvalue weighted by molar-refractivity contribution is 6.03. The van der Waals surface area contributed by atoms with Crippen molar-refractivity contribution in [2.24, 2.45) is 7.05 Å². The van der Waals surface area contributed by atoms with Gasteiger partial charge in [-0.1, -0.05) is 0 Å². The average molecular weight is 478 g/mol. The lowest BCUT2D eigenvalue weighted by Crippen LogP contribution is -2.59. The zero-order valence-electron chi connectivity index (χ0n) is 21.2. The number of hydrogen-bond acceptors (Lipinski definition) is 8. The molecular formula is C25H31N7O3. The summed E-state index contributed by atoms with van der Waals surface area (Å²) in [6.45, 7) is 10.7. The van der Waals surface area contributed by atoms with Crippen molar-refractivity contribution in [3.05, 3.63) is 30.2 Å².